The molecule has 164 valence electrons. The highest BCUT2D eigenvalue weighted by Crippen LogP contribution is 2.27. The van der Waals surface area contributed by atoms with E-state index >= 15 is 0 Å². The van der Waals surface area contributed by atoms with Crippen LogP contribution in [0.3, 0.4) is 0 Å². The predicted octanol–water partition coefficient (Wildman–Crippen LogP) is 4.82. The molecule has 1 aliphatic rings. The zero-order chi connectivity index (χ0) is 21.9. The standard InChI is InChI=1S/C25H27N5OS/c1-18-7-8-21-22(15-18)32-25(27-21)28-23(31)17-29-12-9-19(10-13-29)16-30-14-11-26-24(30)20-5-3-2-4-6-20/h2-8,11,14-15,19H,9-10,12-13,16-17H2,1H3,(H,27,28,31). The van der Waals surface area contributed by atoms with Gasteiger partial charge in [-0.15, -0.1) is 0 Å². The van der Waals surface area contributed by atoms with Gasteiger partial charge in [-0.3, -0.25) is 9.69 Å². The molecule has 32 heavy (non-hydrogen) atoms. The van der Waals surface area contributed by atoms with Crippen LogP contribution in [0.5, 0.6) is 0 Å². The number of carbonyl (C=O) groups excluding carboxylic acids is 1. The molecule has 0 saturated carbocycles. The summed E-state index contributed by atoms with van der Waals surface area (Å²) in [6.45, 7) is 5.33. The van der Waals surface area contributed by atoms with Gasteiger partial charge in [0.2, 0.25) is 5.91 Å². The highest BCUT2D eigenvalue weighted by molar-refractivity contribution is 7.22. The maximum atomic E-state index is 12.6. The van der Waals surface area contributed by atoms with E-state index in [0.717, 1.165) is 54.1 Å². The number of benzene rings is 2. The van der Waals surface area contributed by atoms with Crippen molar-refractivity contribution in [2.75, 3.05) is 25.0 Å². The van der Waals surface area contributed by atoms with Crippen LogP contribution >= 0.6 is 11.3 Å². The number of piperidine rings is 1. The molecule has 2 aromatic carbocycles. The van der Waals surface area contributed by atoms with E-state index in [1.54, 1.807) is 0 Å². The van der Waals surface area contributed by atoms with Crippen molar-refractivity contribution in [3.05, 3.63) is 66.5 Å². The number of imidazole rings is 1. The summed E-state index contributed by atoms with van der Waals surface area (Å²) >= 11 is 1.53. The summed E-state index contributed by atoms with van der Waals surface area (Å²) in [6, 6.07) is 16.5. The van der Waals surface area contributed by atoms with Gasteiger partial charge in [-0.05, 0) is 56.5 Å². The van der Waals surface area contributed by atoms with Gasteiger partial charge in [0.25, 0.3) is 0 Å². The second-order valence-corrected chi connectivity index (χ2v) is 9.56. The third-order valence-electron chi connectivity index (χ3n) is 6.07. The molecule has 1 saturated heterocycles. The largest absolute Gasteiger partial charge is 0.331 e. The molecule has 0 aliphatic carbocycles. The molecular formula is C25H27N5OS. The van der Waals surface area contributed by atoms with Crippen LogP contribution in [-0.2, 0) is 11.3 Å². The number of amides is 1. The predicted molar refractivity (Wildman–Crippen MR) is 130 cm³/mol. The van der Waals surface area contributed by atoms with Crippen LogP contribution in [0, 0.1) is 12.8 Å². The van der Waals surface area contributed by atoms with E-state index in [0.29, 0.717) is 17.6 Å². The van der Waals surface area contributed by atoms with Crippen molar-refractivity contribution in [3.63, 3.8) is 0 Å². The smallest absolute Gasteiger partial charge is 0.240 e. The quantitative estimate of drug-likeness (QED) is 0.462. The van der Waals surface area contributed by atoms with E-state index in [4.69, 9.17) is 0 Å². The van der Waals surface area contributed by atoms with Crippen molar-refractivity contribution in [1.82, 2.24) is 19.4 Å². The number of likely N-dealkylation sites (tertiary alicyclic amines) is 1. The molecule has 6 nitrogen and oxygen atoms in total. The summed E-state index contributed by atoms with van der Waals surface area (Å²) in [6.07, 6.45) is 6.12. The van der Waals surface area contributed by atoms with E-state index in [9.17, 15) is 4.79 Å². The Kier molecular flexibility index (Phi) is 6.01. The molecule has 1 N–H and O–H groups in total. The normalized spacial score (nSPS) is 15.3. The Morgan fingerprint density at radius 2 is 1.97 bits per heavy atom. The Morgan fingerprint density at radius 3 is 2.78 bits per heavy atom. The van der Waals surface area contributed by atoms with Crippen LogP contribution in [0.15, 0.2) is 60.9 Å². The third kappa shape index (κ3) is 4.74. The number of nitrogens with one attached hydrogen (secondary N) is 1. The molecule has 1 amide bonds. The number of hydrogen-bond donors (Lipinski definition) is 1. The number of nitrogens with zero attached hydrogens (tertiary/aromatic N) is 4. The van der Waals surface area contributed by atoms with Gasteiger partial charge in [-0.1, -0.05) is 47.7 Å². The first-order valence-electron chi connectivity index (χ1n) is 11.1. The highest BCUT2D eigenvalue weighted by atomic mass is 32.1. The monoisotopic (exact) mass is 445 g/mol. The lowest BCUT2D eigenvalue weighted by molar-refractivity contribution is -0.117. The number of carbonyl (C=O) groups is 1. The molecule has 5 rings (SSSR count). The fourth-order valence-electron chi connectivity index (χ4n) is 4.36. The number of aromatic nitrogens is 3. The minimum atomic E-state index is 0.0141. The first-order valence-corrected chi connectivity index (χ1v) is 11.9. The molecular weight excluding hydrogens is 418 g/mol. The van der Waals surface area contributed by atoms with Crippen molar-refractivity contribution < 1.29 is 4.79 Å². The molecule has 0 radical (unpaired) electrons. The zero-order valence-corrected chi connectivity index (χ0v) is 19.0. The Hall–Kier alpha value is -3.03. The topological polar surface area (TPSA) is 63.1 Å². The van der Waals surface area contributed by atoms with Crippen LogP contribution in [0.1, 0.15) is 18.4 Å². The summed E-state index contributed by atoms with van der Waals surface area (Å²) < 4.78 is 3.37. The lowest BCUT2D eigenvalue weighted by atomic mass is 9.96. The van der Waals surface area contributed by atoms with Gasteiger partial charge in [0.05, 0.1) is 16.8 Å². The van der Waals surface area contributed by atoms with Gasteiger partial charge >= 0.3 is 0 Å². The SMILES string of the molecule is Cc1ccc2nc(NC(=O)CN3CCC(Cn4ccnc4-c4ccccc4)CC3)sc2c1. The summed E-state index contributed by atoms with van der Waals surface area (Å²) in [5.41, 5.74) is 3.29. The Bertz CT molecular complexity index is 1210. The van der Waals surface area contributed by atoms with E-state index < -0.39 is 0 Å². The molecule has 4 aromatic rings. The van der Waals surface area contributed by atoms with Crippen LogP contribution < -0.4 is 5.32 Å². The second-order valence-electron chi connectivity index (χ2n) is 8.53. The van der Waals surface area contributed by atoms with Gasteiger partial charge < -0.3 is 9.88 Å². The first-order chi connectivity index (χ1) is 15.6. The number of aryl methyl sites for hydroxylation is 1. The van der Waals surface area contributed by atoms with Crippen molar-refractivity contribution in [3.8, 4) is 11.4 Å². The fraction of sp³-hybridized carbons (Fsp3) is 0.320. The fourth-order valence-corrected chi connectivity index (χ4v) is 5.34. The maximum absolute atomic E-state index is 12.6. The lowest BCUT2D eigenvalue weighted by Crippen LogP contribution is -2.40. The molecule has 7 heteroatoms. The maximum Gasteiger partial charge on any atom is 0.240 e. The molecule has 0 atom stereocenters. The summed E-state index contributed by atoms with van der Waals surface area (Å²) in [5.74, 6) is 1.64. The van der Waals surface area contributed by atoms with E-state index in [-0.39, 0.29) is 5.91 Å². The van der Waals surface area contributed by atoms with Gasteiger partial charge in [-0.2, -0.15) is 0 Å². The summed E-state index contributed by atoms with van der Waals surface area (Å²) in [4.78, 5) is 23.9. The van der Waals surface area contributed by atoms with Crippen molar-refractivity contribution in [2.45, 2.75) is 26.3 Å². The van der Waals surface area contributed by atoms with Crippen molar-refractivity contribution in [1.29, 1.82) is 0 Å². The van der Waals surface area contributed by atoms with Crippen LogP contribution in [0.25, 0.3) is 21.6 Å². The van der Waals surface area contributed by atoms with Crippen molar-refractivity contribution >= 4 is 32.6 Å². The average molecular weight is 446 g/mol. The van der Waals surface area contributed by atoms with Gasteiger partial charge in [-0.25, -0.2) is 9.97 Å². The second kappa shape index (κ2) is 9.22. The number of rotatable bonds is 6. The number of fused-ring (bicyclic) bond motifs is 1. The Labute approximate surface area is 191 Å². The minimum Gasteiger partial charge on any atom is -0.331 e. The van der Waals surface area contributed by atoms with Gasteiger partial charge in [0.15, 0.2) is 5.13 Å². The first kappa shape index (κ1) is 20.8. The molecule has 1 aliphatic heterocycles. The molecule has 0 unspecified atom stereocenters. The average Bonchev–Trinajstić information content (AvgIpc) is 3.41. The lowest BCUT2D eigenvalue weighted by Gasteiger charge is -2.31. The number of hydrogen-bond acceptors (Lipinski definition) is 5. The summed E-state index contributed by atoms with van der Waals surface area (Å²) in [5, 5.41) is 3.67. The number of thiazole rings is 1. The minimum absolute atomic E-state index is 0.0141. The van der Waals surface area contributed by atoms with Crippen LogP contribution in [-0.4, -0.2) is 45.0 Å². The molecule has 2 aromatic heterocycles. The molecule has 1 fully saturated rings. The zero-order valence-electron chi connectivity index (χ0n) is 18.2. The highest BCUT2D eigenvalue weighted by Gasteiger charge is 2.22. The summed E-state index contributed by atoms with van der Waals surface area (Å²) in [7, 11) is 0. The Balaban J connectivity index is 1.13. The van der Waals surface area contributed by atoms with Crippen LogP contribution in [0.2, 0.25) is 0 Å². The van der Waals surface area contributed by atoms with Crippen LogP contribution in [0.4, 0.5) is 5.13 Å². The molecule has 3 heterocycles. The van der Waals surface area contributed by atoms with Gasteiger partial charge in [0, 0.05) is 24.5 Å². The van der Waals surface area contributed by atoms with Gasteiger partial charge in [0.1, 0.15) is 5.82 Å². The Morgan fingerprint density at radius 1 is 1.16 bits per heavy atom. The van der Waals surface area contributed by atoms with E-state index in [1.165, 1.54) is 16.9 Å². The number of anilines is 1. The third-order valence-corrected chi connectivity index (χ3v) is 7.00. The van der Waals surface area contributed by atoms with Crippen molar-refractivity contribution in [2.24, 2.45) is 5.92 Å². The van der Waals surface area contributed by atoms with E-state index in [2.05, 4.69) is 56.1 Å². The van der Waals surface area contributed by atoms with E-state index in [1.807, 2.05) is 36.5 Å². The molecule has 0 bridgehead atoms. The molecule has 0 spiro atoms.